The predicted octanol–water partition coefficient (Wildman–Crippen LogP) is 0.535. The fraction of sp³-hybridized carbons (Fsp3) is 0.200. The van der Waals surface area contributed by atoms with Crippen molar-refractivity contribution in [1.29, 1.82) is 0 Å². The molecular weight excluding hydrogens is 164 g/mol. The second kappa shape index (κ2) is 3.72. The van der Waals surface area contributed by atoms with Crippen LogP contribution in [-0.4, -0.2) is 10.9 Å². The summed E-state index contributed by atoms with van der Waals surface area (Å²) >= 11 is 0. The molecule has 13 heavy (non-hydrogen) atoms. The fourth-order valence-corrected chi connectivity index (χ4v) is 1.04. The number of aromatic nitrogens is 1. The largest absolute Gasteiger partial charge is 0.359 e. The first-order valence-electron chi connectivity index (χ1n) is 3.84. The van der Waals surface area contributed by atoms with E-state index in [9.17, 15) is 4.79 Å². The quantitative estimate of drug-likeness (QED) is 0.583. The van der Waals surface area contributed by atoms with Gasteiger partial charge in [-0.05, 0) is 31.9 Å². The third kappa shape index (κ3) is 2.96. The van der Waals surface area contributed by atoms with Crippen LogP contribution in [0.4, 0.5) is 0 Å². The van der Waals surface area contributed by atoms with E-state index in [2.05, 4.69) is 16.8 Å². The summed E-state index contributed by atoms with van der Waals surface area (Å²) in [5.74, 6) is 4.32. The first-order valence-corrected chi connectivity index (χ1v) is 3.84. The highest BCUT2D eigenvalue weighted by atomic mass is 16.1. The number of aryl methyl sites for hydroxylation is 2. The molecular formula is C10H10N2O. The second-order valence-electron chi connectivity index (χ2n) is 2.75. The van der Waals surface area contributed by atoms with Crippen molar-refractivity contribution in [2.75, 3.05) is 0 Å². The molecule has 0 bridgehead atoms. The summed E-state index contributed by atoms with van der Waals surface area (Å²) in [5.41, 5.74) is 7.42. The third-order valence-corrected chi connectivity index (χ3v) is 1.41. The van der Waals surface area contributed by atoms with Gasteiger partial charge in [-0.25, -0.2) is 0 Å². The first-order chi connectivity index (χ1) is 6.08. The van der Waals surface area contributed by atoms with Crippen LogP contribution in [0.2, 0.25) is 0 Å². The Morgan fingerprint density at radius 2 is 1.92 bits per heavy atom. The lowest BCUT2D eigenvalue weighted by molar-refractivity contribution is -0.112. The Balaban J connectivity index is 3.04. The lowest BCUT2D eigenvalue weighted by Gasteiger charge is -1.96. The molecule has 0 atom stereocenters. The van der Waals surface area contributed by atoms with E-state index < -0.39 is 5.91 Å². The molecule has 0 aliphatic heterocycles. The van der Waals surface area contributed by atoms with Crippen molar-refractivity contribution in [3.63, 3.8) is 0 Å². The van der Waals surface area contributed by atoms with Gasteiger partial charge < -0.3 is 5.73 Å². The van der Waals surface area contributed by atoms with Crippen LogP contribution in [0.3, 0.4) is 0 Å². The summed E-state index contributed by atoms with van der Waals surface area (Å²) in [5, 5.41) is 0. The minimum atomic E-state index is -0.618. The Hall–Kier alpha value is -1.82. The molecule has 1 aromatic rings. The summed E-state index contributed by atoms with van der Waals surface area (Å²) in [6.45, 7) is 3.75. The molecule has 0 fully saturated rings. The molecule has 0 spiro atoms. The minimum Gasteiger partial charge on any atom is -0.359 e. The van der Waals surface area contributed by atoms with Crippen molar-refractivity contribution in [3.05, 3.63) is 29.1 Å². The molecule has 3 nitrogen and oxygen atoms in total. The summed E-state index contributed by atoms with van der Waals surface area (Å²) in [7, 11) is 0. The number of rotatable bonds is 0. The van der Waals surface area contributed by atoms with Crippen LogP contribution < -0.4 is 5.73 Å². The van der Waals surface area contributed by atoms with E-state index in [1.165, 1.54) is 0 Å². The topological polar surface area (TPSA) is 56.0 Å². The number of hydrogen-bond acceptors (Lipinski definition) is 2. The molecule has 0 aromatic carbocycles. The Kier molecular flexibility index (Phi) is 2.65. The Bertz CT molecular complexity index is 379. The Morgan fingerprint density at radius 1 is 1.38 bits per heavy atom. The zero-order chi connectivity index (χ0) is 9.84. The predicted molar refractivity (Wildman–Crippen MR) is 49.8 cm³/mol. The van der Waals surface area contributed by atoms with Gasteiger partial charge in [0.25, 0.3) is 5.91 Å². The lowest BCUT2D eigenvalue weighted by Crippen LogP contribution is -2.06. The normalized spacial score (nSPS) is 8.77. The zero-order valence-electron chi connectivity index (χ0n) is 7.59. The van der Waals surface area contributed by atoms with Gasteiger partial charge in [-0.1, -0.05) is 5.92 Å². The van der Waals surface area contributed by atoms with Crippen LogP contribution in [-0.2, 0) is 4.79 Å². The standard InChI is InChI=1S/C10H10N2O/c1-7-5-9(3-4-10(11)13)6-8(2)12-7/h5-6H,1-2H3,(H2,11,13). The summed E-state index contributed by atoms with van der Waals surface area (Å²) in [4.78, 5) is 14.6. The number of amides is 1. The number of nitrogens with zero attached hydrogens (tertiary/aromatic N) is 1. The van der Waals surface area contributed by atoms with Gasteiger partial charge in [-0.3, -0.25) is 9.78 Å². The van der Waals surface area contributed by atoms with Crippen molar-refractivity contribution in [3.8, 4) is 11.8 Å². The third-order valence-electron chi connectivity index (χ3n) is 1.41. The molecule has 0 aliphatic rings. The molecule has 66 valence electrons. The van der Waals surface area contributed by atoms with Crippen LogP contribution in [0.25, 0.3) is 0 Å². The highest BCUT2D eigenvalue weighted by Gasteiger charge is 1.93. The van der Waals surface area contributed by atoms with E-state index in [0.717, 1.165) is 17.0 Å². The number of primary amides is 1. The molecule has 1 rings (SSSR count). The summed E-state index contributed by atoms with van der Waals surface area (Å²) in [6, 6.07) is 3.62. The zero-order valence-corrected chi connectivity index (χ0v) is 7.59. The fourth-order valence-electron chi connectivity index (χ4n) is 1.04. The van der Waals surface area contributed by atoms with Crippen molar-refractivity contribution in [2.45, 2.75) is 13.8 Å². The summed E-state index contributed by atoms with van der Waals surface area (Å²) < 4.78 is 0. The average molecular weight is 174 g/mol. The first kappa shape index (κ1) is 9.27. The van der Waals surface area contributed by atoms with Gasteiger partial charge in [0.1, 0.15) is 0 Å². The molecule has 1 aromatic heterocycles. The molecule has 0 aliphatic carbocycles. The number of hydrogen-bond donors (Lipinski definition) is 1. The van der Waals surface area contributed by atoms with Crippen LogP contribution in [0, 0.1) is 25.7 Å². The van der Waals surface area contributed by atoms with Gasteiger partial charge in [0.2, 0.25) is 0 Å². The van der Waals surface area contributed by atoms with Crippen molar-refractivity contribution < 1.29 is 4.79 Å². The van der Waals surface area contributed by atoms with Crippen molar-refractivity contribution in [2.24, 2.45) is 5.73 Å². The van der Waals surface area contributed by atoms with Crippen LogP contribution in [0.5, 0.6) is 0 Å². The number of pyridine rings is 1. The monoisotopic (exact) mass is 174 g/mol. The minimum absolute atomic E-state index is 0.618. The van der Waals surface area contributed by atoms with Crippen LogP contribution in [0.1, 0.15) is 17.0 Å². The summed E-state index contributed by atoms with van der Waals surface area (Å²) in [6.07, 6.45) is 0. The molecule has 0 saturated heterocycles. The number of nitrogens with two attached hydrogens (primary N) is 1. The highest BCUT2D eigenvalue weighted by Crippen LogP contribution is 2.02. The van der Waals surface area contributed by atoms with Crippen LogP contribution in [0.15, 0.2) is 12.1 Å². The van der Waals surface area contributed by atoms with Gasteiger partial charge in [0, 0.05) is 17.0 Å². The molecule has 3 heteroatoms. The number of carbonyl (C=O) groups is 1. The van der Waals surface area contributed by atoms with Gasteiger partial charge in [0.05, 0.1) is 0 Å². The van der Waals surface area contributed by atoms with E-state index in [1.807, 2.05) is 26.0 Å². The van der Waals surface area contributed by atoms with Gasteiger partial charge in [-0.2, -0.15) is 0 Å². The molecule has 1 amide bonds. The Morgan fingerprint density at radius 3 is 2.38 bits per heavy atom. The average Bonchev–Trinajstić information content (AvgIpc) is 1.99. The maximum atomic E-state index is 10.4. The molecule has 0 saturated carbocycles. The number of carbonyl (C=O) groups excluding carboxylic acids is 1. The maximum Gasteiger partial charge on any atom is 0.293 e. The molecule has 0 unspecified atom stereocenters. The second-order valence-corrected chi connectivity index (χ2v) is 2.75. The molecule has 0 radical (unpaired) electrons. The van der Waals surface area contributed by atoms with Gasteiger partial charge >= 0.3 is 0 Å². The van der Waals surface area contributed by atoms with Crippen molar-refractivity contribution in [1.82, 2.24) is 4.98 Å². The van der Waals surface area contributed by atoms with Gasteiger partial charge in [-0.15, -0.1) is 0 Å². The van der Waals surface area contributed by atoms with Crippen LogP contribution >= 0.6 is 0 Å². The van der Waals surface area contributed by atoms with E-state index in [1.54, 1.807) is 0 Å². The van der Waals surface area contributed by atoms with E-state index in [-0.39, 0.29) is 0 Å². The SMILES string of the molecule is Cc1cc(C#CC(N)=O)cc(C)n1. The molecule has 1 heterocycles. The van der Waals surface area contributed by atoms with E-state index >= 15 is 0 Å². The van der Waals surface area contributed by atoms with Crippen molar-refractivity contribution >= 4 is 5.91 Å². The molecule has 2 N–H and O–H groups in total. The van der Waals surface area contributed by atoms with E-state index in [4.69, 9.17) is 5.73 Å². The lowest BCUT2D eigenvalue weighted by atomic mass is 10.2. The van der Waals surface area contributed by atoms with Gasteiger partial charge in [0.15, 0.2) is 0 Å². The highest BCUT2D eigenvalue weighted by molar-refractivity contribution is 5.92. The van der Waals surface area contributed by atoms with E-state index in [0.29, 0.717) is 0 Å². The smallest absolute Gasteiger partial charge is 0.293 e. The Labute approximate surface area is 77.0 Å². The maximum absolute atomic E-state index is 10.4.